The van der Waals surface area contributed by atoms with E-state index >= 15 is 0 Å². The van der Waals surface area contributed by atoms with Crippen molar-refractivity contribution in [1.82, 2.24) is 24.5 Å². The van der Waals surface area contributed by atoms with E-state index in [9.17, 15) is 9.59 Å². The fraction of sp³-hybridized carbons (Fsp3) is 0.381. The van der Waals surface area contributed by atoms with Crippen molar-refractivity contribution in [1.29, 1.82) is 0 Å². The van der Waals surface area contributed by atoms with Crippen LogP contribution in [0.3, 0.4) is 0 Å². The number of nitrogens with zero attached hydrogens (tertiary/aromatic N) is 6. The van der Waals surface area contributed by atoms with Gasteiger partial charge in [-0.2, -0.15) is 5.10 Å². The van der Waals surface area contributed by atoms with Crippen LogP contribution >= 0.6 is 11.6 Å². The summed E-state index contributed by atoms with van der Waals surface area (Å²) in [5, 5.41) is 4.64. The van der Waals surface area contributed by atoms with E-state index in [1.165, 1.54) is 13.3 Å². The molecule has 1 aliphatic heterocycles. The summed E-state index contributed by atoms with van der Waals surface area (Å²) in [5.41, 5.74) is 6.69. The fourth-order valence-corrected chi connectivity index (χ4v) is 4.00. The molecule has 10 heteroatoms. The monoisotopic (exact) mass is 443 g/mol. The molecule has 0 atom stereocenters. The lowest BCUT2D eigenvalue weighted by Crippen LogP contribution is -2.64. The lowest BCUT2D eigenvalue weighted by Gasteiger charge is -2.45. The first kappa shape index (κ1) is 22.5. The fourth-order valence-electron chi connectivity index (χ4n) is 3.72. The smallest absolute Gasteiger partial charge is 0.253 e. The first-order valence-electron chi connectivity index (χ1n) is 10.1. The summed E-state index contributed by atoms with van der Waals surface area (Å²) < 4.78 is 1.58. The summed E-state index contributed by atoms with van der Waals surface area (Å²) in [6.07, 6.45) is 1.35. The Morgan fingerprint density at radius 2 is 1.94 bits per heavy atom. The van der Waals surface area contributed by atoms with E-state index in [-0.39, 0.29) is 17.6 Å². The van der Waals surface area contributed by atoms with Crippen molar-refractivity contribution in [3.8, 4) is 11.4 Å². The average Bonchev–Trinajstić information content (AvgIpc) is 3.09. The molecule has 1 fully saturated rings. The van der Waals surface area contributed by atoms with Crippen LogP contribution in [0, 0.1) is 0 Å². The lowest BCUT2D eigenvalue weighted by atomic mass is 9.97. The topological polar surface area (TPSA) is 110 Å². The predicted octanol–water partition coefficient (Wildman–Crippen LogP) is 3.03. The summed E-state index contributed by atoms with van der Waals surface area (Å²) >= 11 is 6.32. The quantitative estimate of drug-likeness (QED) is 0.651. The van der Waals surface area contributed by atoms with Crippen molar-refractivity contribution >= 4 is 40.6 Å². The Bertz CT molecular complexity index is 1140. The Hall–Kier alpha value is -3.20. The highest BCUT2D eigenvalue weighted by atomic mass is 35.5. The van der Waals surface area contributed by atoms with E-state index in [0.717, 1.165) is 0 Å². The second-order valence-electron chi connectivity index (χ2n) is 7.35. The molecule has 2 amide bonds. The third-order valence-electron chi connectivity index (χ3n) is 5.18. The van der Waals surface area contributed by atoms with Gasteiger partial charge in [0.2, 0.25) is 5.91 Å². The van der Waals surface area contributed by atoms with Gasteiger partial charge >= 0.3 is 0 Å². The van der Waals surface area contributed by atoms with Gasteiger partial charge in [-0.25, -0.2) is 14.5 Å². The number of rotatable bonds is 2. The number of halogens is 1. The summed E-state index contributed by atoms with van der Waals surface area (Å²) in [6, 6.07) is 7.10. The molecule has 1 saturated heterocycles. The van der Waals surface area contributed by atoms with Gasteiger partial charge < -0.3 is 10.6 Å². The normalized spacial score (nSPS) is 15.6. The predicted molar refractivity (Wildman–Crippen MR) is 121 cm³/mol. The number of nitrogens with two attached hydrogens (primary N) is 1. The minimum atomic E-state index is -0.950. The Morgan fingerprint density at radius 3 is 2.61 bits per heavy atom. The second-order valence-corrected chi connectivity index (χ2v) is 7.76. The van der Waals surface area contributed by atoms with Crippen LogP contribution in [0.5, 0.6) is 0 Å². The number of carbonyl (C=O) groups is 2. The van der Waals surface area contributed by atoms with Gasteiger partial charge in [0.15, 0.2) is 5.82 Å². The molecule has 0 radical (unpaired) electrons. The van der Waals surface area contributed by atoms with Crippen molar-refractivity contribution in [2.75, 3.05) is 23.7 Å². The number of piperazine rings is 1. The number of hydrogen-bond acceptors (Lipinski definition) is 6. The van der Waals surface area contributed by atoms with E-state index in [2.05, 4.69) is 15.1 Å². The van der Waals surface area contributed by atoms with Crippen LogP contribution in [0.15, 0.2) is 30.6 Å². The van der Waals surface area contributed by atoms with E-state index < -0.39 is 5.54 Å². The van der Waals surface area contributed by atoms with Crippen molar-refractivity contribution < 1.29 is 9.59 Å². The number of carbonyl (C=O) groups excluding carboxylic acids is 2. The van der Waals surface area contributed by atoms with Gasteiger partial charge in [-0.1, -0.05) is 31.5 Å². The molecule has 9 nitrogen and oxygen atoms in total. The molecule has 3 aromatic rings. The van der Waals surface area contributed by atoms with E-state index in [0.29, 0.717) is 40.8 Å². The zero-order chi connectivity index (χ0) is 22.9. The van der Waals surface area contributed by atoms with Crippen LogP contribution in [0.2, 0.25) is 5.02 Å². The molecule has 1 aliphatic rings. The molecular weight excluding hydrogens is 418 g/mol. The van der Waals surface area contributed by atoms with E-state index in [1.54, 1.807) is 46.4 Å². The Labute approximate surface area is 185 Å². The highest BCUT2D eigenvalue weighted by Gasteiger charge is 2.44. The molecule has 0 unspecified atom stereocenters. The summed E-state index contributed by atoms with van der Waals surface area (Å²) in [6.45, 7) is 9.75. The summed E-state index contributed by atoms with van der Waals surface area (Å²) in [4.78, 5) is 36.8. The Morgan fingerprint density at radius 1 is 1.23 bits per heavy atom. The third kappa shape index (κ3) is 3.81. The van der Waals surface area contributed by atoms with E-state index in [4.69, 9.17) is 17.3 Å². The SMILES string of the molecule is CC.CC(=O)N1CCN(c2cccc(-c3cc(Cl)c4c(N)ncnn34)n2)C(=O)C1(C)C. The average molecular weight is 444 g/mol. The van der Waals surface area contributed by atoms with Crippen molar-refractivity contribution in [3.05, 3.63) is 35.6 Å². The molecule has 3 aromatic heterocycles. The summed E-state index contributed by atoms with van der Waals surface area (Å²) in [5.74, 6) is 0.450. The molecule has 0 aliphatic carbocycles. The van der Waals surface area contributed by atoms with Crippen LogP contribution in [0.4, 0.5) is 11.6 Å². The molecule has 0 bridgehead atoms. The second kappa shape index (κ2) is 8.50. The van der Waals surface area contributed by atoms with Crippen LogP contribution in [0.25, 0.3) is 16.9 Å². The molecule has 164 valence electrons. The highest BCUT2D eigenvalue weighted by Crippen LogP contribution is 2.32. The number of nitrogen functional groups attached to an aromatic ring is 1. The first-order valence-corrected chi connectivity index (χ1v) is 10.4. The van der Waals surface area contributed by atoms with Gasteiger partial charge in [0, 0.05) is 20.0 Å². The van der Waals surface area contributed by atoms with Crippen molar-refractivity contribution in [2.24, 2.45) is 0 Å². The number of hydrogen-bond donors (Lipinski definition) is 1. The number of pyridine rings is 1. The van der Waals surface area contributed by atoms with Crippen molar-refractivity contribution in [3.63, 3.8) is 0 Å². The van der Waals surface area contributed by atoms with Gasteiger partial charge in [0.05, 0.1) is 16.4 Å². The first-order chi connectivity index (χ1) is 14.7. The number of fused-ring (bicyclic) bond motifs is 1. The Kier molecular flexibility index (Phi) is 6.17. The number of anilines is 2. The van der Waals surface area contributed by atoms with Gasteiger partial charge in [0.25, 0.3) is 5.91 Å². The molecule has 0 saturated carbocycles. The largest absolute Gasteiger partial charge is 0.382 e. The molecule has 4 heterocycles. The maximum absolute atomic E-state index is 13.1. The van der Waals surface area contributed by atoms with Gasteiger partial charge in [-0.05, 0) is 32.0 Å². The van der Waals surface area contributed by atoms with Gasteiger partial charge in [-0.3, -0.25) is 14.5 Å². The lowest BCUT2D eigenvalue weighted by molar-refractivity contribution is -0.145. The summed E-state index contributed by atoms with van der Waals surface area (Å²) in [7, 11) is 0. The van der Waals surface area contributed by atoms with Crippen molar-refractivity contribution in [2.45, 2.75) is 40.2 Å². The van der Waals surface area contributed by atoms with Crippen LogP contribution in [-0.2, 0) is 9.59 Å². The molecule has 4 rings (SSSR count). The molecular formula is C21H26ClN7O2. The minimum Gasteiger partial charge on any atom is -0.382 e. The number of aromatic nitrogens is 4. The standard InChI is InChI=1S/C19H20ClN7O2.C2H6/c1-11(28)26-8-7-25(18(29)19(26,2)3)15-6-4-5-13(24-15)14-9-12(20)16-17(21)22-10-23-27(14)16;1-2/h4-6,9-10H,7-8H2,1-3H3,(H2,21,22,23);1-2H3. The molecule has 2 N–H and O–H groups in total. The Balaban J connectivity index is 0.00000132. The maximum Gasteiger partial charge on any atom is 0.253 e. The maximum atomic E-state index is 13.1. The van der Waals surface area contributed by atoms with Crippen LogP contribution < -0.4 is 10.6 Å². The third-order valence-corrected chi connectivity index (χ3v) is 5.47. The van der Waals surface area contributed by atoms with E-state index in [1.807, 2.05) is 19.9 Å². The molecule has 0 spiro atoms. The van der Waals surface area contributed by atoms with Crippen LogP contribution in [0.1, 0.15) is 34.6 Å². The molecule has 31 heavy (non-hydrogen) atoms. The number of amides is 2. The zero-order valence-electron chi connectivity index (χ0n) is 18.3. The minimum absolute atomic E-state index is 0.128. The van der Waals surface area contributed by atoms with Crippen LogP contribution in [-0.4, -0.2) is 54.9 Å². The van der Waals surface area contributed by atoms with Gasteiger partial charge in [0.1, 0.15) is 23.2 Å². The zero-order valence-corrected chi connectivity index (χ0v) is 19.0. The van der Waals surface area contributed by atoms with Gasteiger partial charge in [-0.15, -0.1) is 0 Å². The molecule has 0 aromatic carbocycles. The highest BCUT2D eigenvalue weighted by molar-refractivity contribution is 6.35.